The first-order chi connectivity index (χ1) is 11.6. The van der Waals surface area contributed by atoms with Gasteiger partial charge in [0.15, 0.2) is 0 Å². The monoisotopic (exact) mass is 331 g/mol. The topological polar surface area (TPSA) is 56.7 Å². The van der Waals surface area contributed by atoms with Gasteiger partial charge in [-0.3, -0.25) is 4.79 Å². The number of nitrogens with zero attached hydrogens (tertiary/aromatic N) is 3. The molecule has 2 aliphatic rings. The molecule has 1 amide bonds. The molecule has 2 unspecified atom stereocenters. The van der Waals surface area contributed by atoms with Crippen molar-refractivity contribution in [3.63, 3.8) is 0 Å². The number of carbonyl (C=O) groups excluding carboxylic acids is 1. The van der Waals surface area contributed by atoms with Crippen molar-refractivity contribution in [1.82, 2.24) is 9.88 Å². The third-order valence-electron chi connectivity index (χ3n) is 5.60. The first-order valence-corrected chi connectivity index (χ1v) is 9.21. The second-order valence-corrected chi connectivity index (χ2v) is 7.51. The van der Waals surface area contributed by atoms with Crippen LogP contribution in [0.25, 0.3) is 0 Å². The van der Waals surface area contributed by atoms with E-state index in [0.717, 1.165) is 37.7 Å². The highest BCUT2D eigenvalue weighted by Crippen LogP contribution is 2.25. The summed E-state index contributed by atoms with van der Waals surface area (Å²) in [6, 6.07) is 4.10. The molecule has 1 aromatic heterocycles. The number of hydrogen-bond donors (Lipinski definition) is 1. The zero-order valence-corrected chi connectivity index (χ0v) is 14.8. The minimum absolute atomic E-state index is 0.0342. The lowest BCUT2D eigenvalue weighted by molar-refractivity contribution is 0.0488. The van der Waals surface area contributed by atoms with Gasteiger partial charge in [-0.25, -0.2) is 4.98 Å². The summed E-state index contributed by atoms with van der Waals surface area (Å²) in [5.41, 5.74) is 0.648. The quantitative estimate of drug-likeness (QED) is 0.925. The fraction of sp³-hybridized carbons (Fsp3) is 0.684. The van der Waals surface area contributed by atoms with Crippen LogP contribution in [0.3, 0.4) is 0 Å². The van der Waals surface area contributed by atoms with Gasteiger partial charge in [0.05, 0.1) is 5.56 Å². The molecule has 0 bridgehead atoms. The number of aromatic nitrogens is 1. The summed E-state index contributed by atoms with van der Waals surface area (Å²) in [4.78, 5) is 21.5. The molecule has 0 radical (unpaired) electrons. The van der Waals surface area contributed by atoms with Crippen molar-refractivity contribution in [2.75, 3.05) is 31.1 Å². The van der Waals surface area contributed by atoms with E-state index < -0.39 is 0 Å². The smallest absolute Gasteiger partial charge is 0.255 e. The Morgan fingerprint density at radius 3 is 2.58 bits per heavy atom. The number of rotatable bonds is 3. The second kappa shape index (κ2) is 7.51. The number of likely N-dealkylation sites (tertiary alicyclic amines) is 1. The van der Waals surface area contributed by atoms with Crippen molar-refractivity contribution in [1.29, 1.82) is 0 Å². The molecule has 1 N–H and O–H groups in total. The molecule has 0 aromatic carbocycles. The van der Waals surface area contributed by atoms with Crippen LogP contribution in [0.15, 0.2) is 18.3 Å². The Labute approximate surface area is 144 Å². The molecule has 2 saturated heterocycles. The highest BCUT2D eigenvalue weighted by Gasteiger charge is 2.29. The molecule has 2 aliphatic heterocycles. The molecule has 132 valence electrons. The molecular formula is C19H29N3O2. The van der Waals surface area contributed by atoms with Crippen LogP contribution in [-0.2, 0) is 0 Å². The highest BCUT2D eigenvalue weighted by atomic mass is 16.3. The van der Waals surface area contributed by atoms with Crippen LogP contribution >= 0.6 is 0 Å². The number of aliphatic hydroxyl groups is 1. The molecule has 2 atom stereocenters. The fourth-order valence-electron chi connectivity index (χ4n) is 3.72. The average molecular weight is 331 g/mol. The van der Waals surface area contributed by atoms with Crippen molar-refractivity contribution >= 4 is 11.7 Å². The van der Waals surface area contributed by atoms with Gasteiger partial charge in [0.1, 0.15) is 5.82 Å². The van der Waals surface area contributed by atoms with Crippen molar-refractivity contribution in [2.45, 2.75) is 45.6 Å². The maximum Gasteiger partial charge on any atom is 0.255 e. The third kappa shape index (κ3) is 3.72. The summed E-state index contributed by atoms with van der Waals surface area (Å²) >= 11 is 0. The summed E-state index contributed by atoms with van der Waals surface area (Å²) in [6.07, 6.45) is 6.07. The molecule has 5 heteroatoms. The van der Waals surface area contributed by atoms with E-state index in [1.807, 2.05) is 17.0 Å². The average Bonchev–Trinajstić information content (AvgIpc) is 2.62. The molecular weight excluding hydrogens is 302 g/mol. The van der Waals surface area contributed by atoms with Gasteiger partial charge < -0.3 is 14.9 Å². The van der Waals surface area contributed by atoms with E-state index in [4.69, 9.17) is 0 Å². The zero-order chi connectivity index (χ0) is 17.1. The first kappa shape index (κ1) is 17.2. The summed E-state index contributed by atoms with van der Waals surface area (Å²) in [5.74, 6) is 2.00. The lowest BCUT2D eigenvalue weighted by Gasteiger charge is -2.37. The molecule has 0 saturated carbocycles. The summed E-state index contributed by atoms with van der Waals surface area (Å²) < 4.78 is 0. The maximum atomic E-state index is 12.8. The Hall–Kier alpha value is -1.62. The SMILES string of the molecule is CC1CCN(c2ccc(C(=O)N3CC(CO)CCC3C)cn2)CC1. The predicted octanol–water partition coefficient (Wildman–Crippen LogP) is 2.55. The van der Waals surface area contributed by atoms with E-state index in [-0.39, 0.29) is 24.5 Å². The van der Waals surface area contributed by atoms with Crippen LogP contribution in [0, 0.1) is 11.8 Å². The van der Waals surface area contributed by atoms with Crippen LogP contribution in [0.5, 0.6) is 0 Å². The van der Waals surface area contributed by atoms with Gasteiger partial charge in [-0.1, -0.05) is 6.92 Å². The number of amides is 1. The molecule has 24 heavy (non-hydrogen) atoms. The molecule has 5 nitrogen and oxygen atoms in total. The van der Waals surface area contributed by atoms with Crippen molar-refractivity contribution < 1.29 is 9.90 Å². The molecule has 1 aromatic rings. The first-order valence-electron chi connectivity index (χ1n) is 9.21. The Balaban J connectivity index is 1.67. The van der Waals surface area contributed by atoms with Crippen molar-refractivity contribution in [3.05, 3.63) is 23.9 Å². The summed E-state index contributed by atoms with van der Waals surface area (Å²) in [7, 11) is 0. The number of carbonyl (C=O) groups is 1. The molecule has 3 rings (SSSR count). The second-order valence-electron chi connectivity index (χ2n) is 7.51. The minimum atomic E-state index is 0.0342. The zero-order valence-electron chi connectivity index (χ0n) is 14.8. The minimum Gasteiger partial charge on any atom is -0.396 e. The van der Waals surface area contributed by atoms with Crippen LogP contribution in [0.1, 0.15) is 49.9 Å². The van der Waals surface area contributed by atoms with Crippen LogP contribution in [0.4, 0.5) is 5.82 Å². The van der Waals surface area contributed by atoms with Gasteiger partial charge in [-0.2, -0.15) is 0 Å². The van der Waals surface area contributed by atoms with E-state index in [0.29, 0.717) is 12.1 Å². The van der Waals surface area contributed by atoms with E-state index in [1.165, 1.54) is 12.8 Å². The number of hydrogen-bond acceptors (Lipinski definition) is 4. The number of aliphatic hydroxyl groups excluding tert-OH is 1. The molecule has 3 heterocycles. The van der Waals surface area contributed by atoms with Crippen LogP contribution < -0.4 is 4.90 Å². The largest absolute Gasteiger partial charge is 0.396 e. The highest BCUT2D eigenvalue weighted by molar-refractivity contribution is 5.94. The van der Waals surface area contributed by atoms with Crippen molar-refractivity contribution in [2.24, 2.45) is 11.8 Å². The standard InChI is InChI=1S/C19H29N3O2/c1-14-7-9-21(10-8-14)18-6-5-17(11-20-18)19(24)22-12-16(13-23)4-3-15(22)2/h5-6,11,14-16,23H,3-4,7-10,12-13H2,1-2H3. The van der Waals surface area contributed by atoms with E-state index in [2.05, 4.69) is 23.7 Å². The van der Waals surface area contributed by atoms with Gasteiger partial charge in [0, 0.05) is 38.5 Å². The van der Waals surface area contributed by atoms with E-state index in [1.54, 1.807) is 6.20 Å². The lowest BCUT2D eigenvalue weighted by atomic mass is 9.93. The van der Waals surface area contributed by atoms with Gasteiger partial charge in [0.25, 0.3) is 5.91 Å². The summed E-state index contributed by atoms with van der Waals surface area (Å²) in [5, 5.41) is 9.39. The van der Waals surface area contributed by atoms with E-state index >= 15 is 0 Å². The summed E-state index contributed by atoms with van der Waals surface area (Å²) in [6.45, 7) is 7.27. The Bertz CT molecular complexity index is 552. The molecule has 0 aliphatic carbocycles. The Kier molecular flexibility index (Phi) is 5.39. The van der Waals surface area contributed by atoms with Gasteiger partial charge >= 0.3 is 0 Å². The van der Waals surface area contributed by atoms with Crippen molar-refractivity contribution in [3.8, 4) is 0 Å². The number of piperidine rings is 2. The predicted molar refractivity (Wildman–Crippen MR) is 95.2 cm³/mol. The lowest BCUT2D eigenvalue weighted by Crippen LogP contribution is -2.46. The van der Waals surface area contributed by atoms with Crippen LogP contribution in [0.2, 0.25) is 0 Å². The van der Waals surface area contributed by atoms with Crippen LogP contribution in [-0.4, -0.2) is 53.2 Å². The van der Waals surface area contributed by atoms with E-state index in [9.17, 15) is 9.90 Å². The fourth-order valence-corrected chi connectivity index (χ4v) is 3.72. The van der Waals surface area contributed by atoms with Gasteiger partial charge in [-0.05, 0) is 56.6 Å². The normalized spacial score (nSPS) is 25.8. The number of anilines is 1. The molecule has 0 spiro atoms. The van der Waals surface area contributed by atoms with Gasteiger partial charge in [0.2, 0.25) is 0 Å². The molecule has 2 fully saturated rings. The van der Waals surface area contributed by atoms with Gasteiger partial charge in [-0.15, -0.1) is 0 Å². The third-order valence-corrected chi connectivity index (χ3v) is 5.60. The Morgan fingerprint density at radius 1 is 1.21 bits per heavy atom. The maximum absolute atomic E-state index is 12.8. The number of pyridine rings is 1. The Morgan fingerprint density at radius 2 is 1.96 bits per heavy atom.